The zero-order valence-corrected chi connectivity index (χ0v) is 16.6. The minimum atomic E-state index is -3.75. The number of carbonyl (C=O) groups excluding carboxylic acids is 1. The van der Waals surface area contributed by atoms with E-state index in [1.807, 2.05) is 11.8 Å². The lowest BCUT2D eigenvalue weighted by atomic mass is 10.3. The van der Waals surface area contributed by atoms with Crippen molar-refractivity contribution in [1.29, 1.82) is 0 Å². The van der Waals surface area contributed by atoms with Gasteiger partial charge in [0.25, 0.3) is 0 Å². The van der Waals surface area contributed by atoms with Gasteiger partial charge in [-0.05, 0) is 18.2 Å². The van der Waals surface area contributed by atoms with Crippen molar-refractivity contribution in [3.63, 3.8) is 0 Å². The Hall–Kier alpha value is -0.870. The molecule has 0 aromatic heterocycles. The lowest BCUT2D eigenvalue weighted by molar-refractivity contribution is -0.133. The molecule has 0 bridgehead atoms. The molecule has 0 spiro atoms. The molecule has 0 aliphatic carbocycles. The normalized spacial score (nSPS) is 20.3. The van der Waals surface area contributed by atoms with Gasteiger partial charge in [0.1, 0.15) is 5.82 Å². The van der Waals surface area contributed by atoms with Crippen LogP contribution in [0, 0.1) is 5.82 Å². The van der Waals surface area contributed by atoms with E-state index in [-0.39, 0.29) is 28.9 Å². The number of hydrogen-bond donors (Lipinski definition) is 0. The summed E-state index contributed by atoms with van der Waals surface area (Å²) in [5.74, 6) is 1.47. The number of thioether (sulfide) groups is 1. The average Bonchev–Trinajstić information content (AvgIpc) is 2.65. The SMILES string of the molecule is O=C(CN1CCSCC1)N1CCN(S(=O)(=O)c2ccc(F)c(Cl)c2)CC1. The highest BCUT2D eigenvalue weighted by atomic mass is 35.5. The Morgan fingerprint density at radius 1 is 1.12 bits per heavy atom. The summed E-state index contributed by atoms with van der Waals surface area (Å²) in [5, 5.41) is -0.223. The molecule has 0 N–H and O–H groups in total. The van der Waals surface area contributed by atoms with Crippen LogP contribution in [0.5, 0.6) is 0 Å². The van der Waals surface area contributed by atoms with Gasteiger partial charge in [0.2, 0.25) is 15.9 Å². The Balaban J connectivity index is 1.58. The smallest absolute Gasteiger partial charge is 0.243 e. The molecule has 2 heterocycles. The maximum absolute atomic E-state index is 13.3. The molecule has 1 aromatic carbocycles. The van der Waals surface area contributed by atoms with Gasteiger partial charge in [-0.2, -0.15) is 16.1 Å². The van der Waals surface area contributed by atoms with Crippen LogP contribution in [-0.2, 0) is 14.8 Å². The van der Waals surface area contributed by atoms with Gasteiger partial charge in [0.15, 0.2) is 0 Å². The van der Waals surface area contributed by atoms with E-state index in [0.29, 0.717) is 19.6 Å². The van der Waals surface area contributed by atoms with Crippen molar-refractivity contribution >= 4 is 39.3 Å². The first-order valence-electron chi connectivity index (χ1n) is 8.41. The number of benzene rings is 1. The molecule has 2 aliphatic heterocycles. The third-order valence-electron chi connectivity index (χ3n) is 4.58. The Bertz CT molecular complexity index is 764. The summed E-state index contributed by atoms with van der Waals surface area (Å²) >= 11 is 7.59. The molecular formula is C16H21ClFN3O3S2. The van der Waals surface area contributed by atoms with Crippen LogP contribution in [0.1, 0.15) is 0 Å². The van der Waals surface area contributed by atoms with E-state index in [1.54, 1.807) is 4.90 Å². The Kier molecular flexibility index (Phi) is 6.45. The molecule has 26 heavy (non-hydrogen) atoms. The standard InChI is InChI=1S/C16H21ClFN3O3S2/c17-14-11-13(1-2-15(14)18)26(23,24)21-5-3-20(4-6-21)16(22)12-19-7-9-25-10-8-19/h1-2,11H,3-10,12H2. The molecule has 2 saturated heterocycles. The van der Waals surface area contributed by atoms with Crippen LogP contribution in [0.25, 0.3) is 0 Å². The van der Waals surface area contributed by atoms with Crippen LogP contribution in [0.2, 0.25) is 5.02 Å². The van der Waals surface area contributed by atoms with Crippen LogP contribution in [-0.4, -0.2) is 85.7 Å². The Labute approximate surface area is 162 Å². The summed E-state index contributed by atoms with van der Waals surface area (Å²) in [5.41, 5.74) is 0. The van der Waals surface area contributed by atoms with E-state index in [4.69, 9.17) is 11.6 Å². The number of halogens is 2. The maximum Gasteiger partial charge on any atom is 0.243 e. The van der Waals surface area contributed by atoms with Crippen LogP contribution in [0.3, 0.4) is 0 Å². The van der Waals surface area contributed by atoms with Gasteiger partial charge in [-0.25, -0.2) is 12.8 Å². The van der Waals surface area contributed by atoms with Gasteiger partial charge in [-0.1, -0.05) is 11.6 Å². The van der Waals surface area contributed by atoms with Gasteiger partial charge in [-0.15, -0.1) is 0 Å². The molecule has 2 fully saturated rings. The van der Waals surface area contributed by atoms with Gasteiger partial charge < -0.3 is 4.90 Å². The van der Waals surface area contributed by atoms with Crippen molar-refractivity contribution in [3.05, 3.63) is 29.0 Å². The summed E-state index contributed by atoms with van der Waals surface area (Å²) in [7, 11) is -3.75. The van der Waals surface area contributed by atoms with E-state index in [9.17, 15) is 17.6 Å². The van der Waals surface area contributed by atoms with Crippen molar-refractivity contribution in [3.8, 4) is 0 Å². The lowest BCUT2D eigenvalue weighted by Crippen LogP contribution is -2.53. The molecule has 3 rings (SSSR count). The highest BCUT2D eigenvalue weighted by Crippen LogP contribution is 2.23. The Morgan fingerprint density at radius 3 is 2.38 bits per heavy atom. The second-order valence-electron chi connectivity index (χ2n) is 6.25. The van der Waals surface area contributed by atoms with E-state index < -0.39 is 15.8 Å². The molecule has 2 aliphatic rings. The highest BCUT2D eigenvalue weighted by molar-refractivity contribution is 7.99. The summed E-state index contributed by atoms with van der Waals surface area (Å²) in [6.45, 7) is 3.37. The number of nitrogens with zero attached hydrogens (tertiary/aromatic N) is 3. The lowest BCUT2D eigenvalue weighted by Gasteiger charge is -2.35. The summed E-state index contributed by atoms with van der Waals surface area (Å²) in [6.07, 6.45) is 0. The van der Waals surface area contributed by atoms with E-state index in [1.165, 1.54) is 10.4 Å². The quantitative estimate of drug-likeness (QED) is 0.734. The molecule has 0 radical (unpaired) electrons. The second-order valence-corrected chi connectivity index (χ2v) is 9.82. The molecule has 6 nitrogen and oxygen atoms in total. The fraction of sp³-hybridized carbons (Fsp3) is 0.562. The molecule has 1 amide bonds. The number of rotatable bonds is 4. The highest BCUT2D eigenvalue weighted by Gasteiger charge is 2.31. The number of sulfonamides is 1. The predicted molar refractivity (Wildman–Crippen MR) is 101 cm³/mol. The van der Waals surface area contributed by atoms with Crippen molar-refractivity contribution < 1.29 is 17.6 Å². The largest absolute Gasteiger partial charge is 0.339 e. The first-order valence-corrected chi connectivity index (χ1v) is 11.4. The van der Waals surface area contributed by atoms with Gasteiger partial charge in [0, 0.05) is 50.8 Å². The van der Waals surface area contributed by atoms with Crippen LogP contribution >= 0.6 is 23.4 Å². The van der Waals surface area contributed by atoms with Crippen molar-refractivity contribution in [1.82, 2.24) is 14.1 Å². The summed E-state index contributed by atoms with van der Waals surface area (Å²) in [6, 6.07) is 3.38. The summed E-state index contributed by atoms with van der Waals surface area (Å²) in [4.78, 5) is 16.2. The van der Waals surface area contributed by atoms with Crippen molar-refractivity contribution in [2.45, 2.75) is 4.90 Å². The summed E-state index contributed by atoms with van der Waals surface area (Å²) < 4.78 is 39.9. The molecule has 10 heteroatoms. The molecule has 0 unspecified atom stereocenters. The van der Waals surface area contributed by atoms with Gasteiger partial charge >= 0.3 is 0 Å². The fourth-order valence-corrected chi connectivity index (χ4v) is 5.69. The topological polar surface area (TPSA) is 60.9 Å². The zero-order valence-electron chi connectivity index (χ0n) is 14.2. The van der Waals surface area contributed by atoms with E-state index >= 15 is 0 Å². The predicted octanol–water partition coefficient (Wildman–Crippen LogP) is 1.36. The first kappa shape index (κ1) is 19.9. The van der Waals surface area contributed by atoms with E-state index in [0.717, 1.165) is 36.7 Å². The van der Waals surface area contributed by atoms with Gasteiger partial charge in [-0.3, -0.25) is 9.69 Å². The number of carbonyl (C=O) groups is 1. The number of hydrogen-bond acceptors (Lipinski definition) is 5. The van der Waals surface area contributed by atoms with Crippen molar-refractivity contribution in [2.75, 3.05) is 57.3 Å². The Morgan fingerprint density at radius 2 is 1.77 bits per heavy atom. The number of piperazine rings is 1. The minimum Gasteiger partial charge on any atom is -0.339 e. The van der Waals surface area contributed by atoms with Crippen LogP contribution in [0.15, 0.2) is 23.1 Å². The number of amides is 1. The van der Waals surface area contributed by atoms with E-state index in [2.05, 4.69) is 4.90 Å². The third kappa shape index (κ3) is 4.51. The first-order chi connectivity index (χ1) is 12.4. The molecule has 0 atom stereocenters. The average molecular weight is 422 g/mol. The van der Waals surface area contributed by atoms with Crippen molar-refractivity contribution in [2.24, 2.45) is 0 Å². The zero-order chi connectivity index (χ0) is 18.7. The van der Waals surface area contributed by atoms with Crippen LogP contribution in [0.4, 0.5) is 4.39 Å². The third-order valence-corrected chi connectivity index (χ3v) is 7.71. The van der Waals surface area contributed by atoms with Crippen LogP contribution < -0.4 is 0 Å². The fourth-order valence-electron chi connectivity index (χ4n) is 3.01. The maximum atomic E-state index is 13.3. The molecule has 144 valence electrons. The molecular weight excluding hydrogens is 401 g/mol. The second kappa shape index (κ2) is 8.43. The minimum absolute atomic E-state index is 0.0329. The monoisotopic (exact) mass is 421 g/mol. The van der Waals surface area contributed by atoms with Gasteiger partial charge in [0.05, 0.1) is 16.5 Å². The molecule has 0 saturated carbocycles. The molecule has 1 aromatic rings.